The summed E-state index contributed by atoms with van der Waals surface area (Å²) in [6.07, 6.45) is 0. The van der Waals surface area contributed by atoms with Crippen molar-refractivity contribution >= 4 is 27.3 Å². The topological polar surface area (TPSA) is 75.7 Å². The van der Waals surface area contributed by atoms with Crippen LogP contribution in [0.1, 0.15) is 21.5 Å². The Morgan fingerprint density at radius 2 is 1.70 bits per heavy atom. The van der Waals surface area contributed by atoms with Gasteiger partial charge in [0.05, 0.1) is 16.1 Å². The molecule has 1 N–H and O–H groups in total. The lowest BCUT2D eigenvalue weighted by molar-refractivity contribution is 0.0993. The monoisotopic (exact) mass is 426 g/mol. The summed E-state index contributed by atoms with van der Waals surface area (Å²) in [5.74, 6) is 0.0490. The second-order valence-electron chi connectivity index (χ2n) is 7.16. The first kappa shape index (κ1) is 19.9. The van der Waals surface area contributed by atoms with Crippen LogP contribution in [0, 0.1) is 19.7 Å². The van der Waals surface area contributed by atoms with Gasteiger partial charge in [-0.05, 0) is 73.5 Å². The highest BCUT2D eigenvalue weighted by Crippen LogP contribution is 2.39. The van der Waals surface area contributed by atoms with Crippen LogP contribution in [-0.4, -0.2) is 21.4 Å². The maximum atomic E-state index is 13.5. The zero-order chi connectivity index (χ0) is 21.6. The molecule has 1 aliphatic heterocycles. The lowest BCUT2D eigenvalue weighted by atomic mass is 10.1. The minimum atomic E-state index is -3.96. The maximum Gasteiger partial charge on any atom is 0.261 e. The number of nitrogens with one attached hydrogen (secondary N) is 1. The largest absolute Gasteiger partial charge is 0.454 e. The van der Waals surface area contributed by atoms with Gasteiger partial charge < -0.3 is 9.64 Å². The molecular weight excluding hydrogens is 407 g/mol. The fraction of sp³-hybridized carbons (Fsp3) is 0.136. The maximum absolute atomic E-state index is 13.5. The van der Waals surface area contributed by atoms with E-state index in [4.69, 9.17) is 4.74 Å². The van der Waals surface area contributed by atoms with Crippen LogP contribution < -0.4 is 14.4 Å². The van der Waals surface area contributed by atoms with Gasteiger partial charge in [0.15, 0.2) is 5.75 Å². The van der Waals surface area contributed by atoms with Crippen LogP contribution in [0.25, 0.3) is 0 Å². The van der Waals surface area contributed by atoms with Gasteiger partial charge in [0.1, 0.15) is 11.6 Å². The molecule has 1 amide bonds. The smallest absolute Gasteiger partial charge is 0.261 e. The molecule has 0 bridgehead atoms. The number of hydrogen-bond donors (Lipinski definition) is 1. The number of sulfonamides is 1. The molecule has 1 aliphatic rings. The van der Waals surface area contributed by atoms with Gasteiger partial charge in [-0.15, -0.1) is 0 Å². The first-order valence-corrected chi connectivity index (χ1v) is 10.6. The van der Waals surface area contributed by atoms with Crippen LogP contribution in [-0.2, 0) is 10.0 Å². The summed E-state index contributed by atoms with van der Waals surface area (Å²) in [6, 6.07) is 13.6. The molecule has 0 aliphatic carbocycles. The highest BCUT2D eigenvalue weighted by atomic mass is 32.2. The molecule has 0 unspecified atom stereocenters. The Morgan fingerprint density at radius 3 is 2.43 bits per heavy atom. The van der Waals surface area contributed by atoms with Crippen LogP contribution in [0.15, 0.2) is 59.5 Å². The molecule has 1 heterocycles. The van der Waals surface area contributed by atoms with Crippen molar-refractivity contribution in [1.82, 2.24) is 0 Å². The van der Waals surface area contributed by atoms with Crippen LogP contribution in [0.3, 0.4) is 0 Å². The molecule has 4 rings (SSSR count). The third-order valence-electron chi connectivity index (χ3n) is 4.90. The van der Waals surface area contributed by atoms with Gasteiger partial charge >= 0.3 is 0 Å². The summed E-state index contributed by atoms with van der Waals surface area (Å²) in [5, 5.41) is 0. The Hall–Kier alpha value is -3.39. The van der Waals surface area contributed by atoms with E-state index in [0.29, 0.717) is 17.2 Å². The van der Waals surface area contributed by atoms with Crippen LogP contribution in [0.4, 0.5) is 15.8 Å². The molecule has 154 valence electrons. The van der Waals surface area contributed by atoms with E-state index in [-0.39, 0.29) is 27.6 Å². The number of carbonyl (C=O) groups is 1. The number of rotatable bonds is 3. The number of carbonyl (C=O) groups excluding carboxylic acids is 1. The molecule has 30 heavy (non-hydrogen) atoms. The first-order valence-electron chi connectivity index (χ1n) is 9.15. The normalized spacial score (nSPS) is 13.2. The van der Waals surface area contributed by atoms with Gasteiger partial charge in [-0.2, -0.15) is 0 Å². The molecule has 0 saturated carbocycles. The molecule has 0 spiro atoms. The minimum Gasteiger partial charge on any atom is -0.454 e. The molecule has 0 radical (unpaired) electrons. The lowest BCUT2D eigenvalue weighted by Gasteiger charge is -2.17. The number of hydrogen-bond acceptors (Lipinski definition) is 4. The third kappa shape index (κ3) is 3.50. The number of nitrogens with zero attached hydrogens (tertiary/aromatic N) is 1. The molecule has 0 aromatic heterocycles. The van der Waals surface area contributed by atoms with E-state index in [1.165, 1.54) is 36.1 Å². The summed E-state index contributed by atoms with van der Waals surface area (Å²) in [7, 11) is -2.32. The van der Waals surface area contributed by atoms with E-state index in [9.17, 15) is 17.6 Å². The van der Waals surface area contributed by atoms with Gasteiger partial charge in [0, 0.05) is 12.7 Å². The average molecular weight is 426 g/mol. The van der Waals surface area contributed by atoms with Crippen molar-refractivity contribution < 1.29 is 22.3 Å². The summed E-state index contributed by atoms with van der Waals surface area (Å²) >= 11 is 0. The van der Waals surface area contributed by atoms with E-state index in [0.717, 1.165) is 11.6 Å². The summed E-state index contributed by atoms with van der Waals surface area (Å²) in [6.45, 7) is 3.41. The zero-order valence-corrected chi connectivity index (χ0v) is 17.4. The van der Waals surface area contributed by atoms with Crippen LogP contribution >= 0.6 is 0 Å². The van der Waals surface area contributed by atoms with Crippen LogP contribution in [0.5, 0.6) is 11.5 Å². The van der Waals surface area contributed by atoms with E-state index >= 15 is 0 Å². The Bertz CT molecular complexity index is 1290. The van der Waals surface area contributed by atoms with Crippen molar-refractivity contribution in [3.8, 4) is 11.5 Å². The number of aryl methyl sites for hydroxylation is 2. The average Bonchev–Trinajstić information content (AvgIpc) is 2.79. The molecular formula is C22H19FN2O4S. The number of fused-ring (bicyclic) bond motifs is 2. The third-order valence-corrected chi connectivity index (χ3v) is 6.28. The SMILES string of the molecule is Cc1ccc2c(c1)N(C)C(=O)c1cc(NS(=O)(=O)c3ccc(F)c(C)c3)ccc1O2. The zero-order valence-electron chi connectivity index (χ0n) is 16.6. The van der Waals surface area contributed by atoms with E-state index in [1.54, 1.807) is 19.2 Å². The quantitative estimate of drug-likeness (QED) is 0.663. The Morgan fingerprint density at radius 1 is 0.967 bits per heavy atom. The van der Waals surface area contributed by atoms with Crippen molar-refractivity contribution in [3.05, 3.63) is 77.1 Å². The van der Waals surface area contributed by atoms with E-state index < -0.39 is 15.8 Å². The second kappa shape index (κ2) is 7.14. The lowest BCUT2D eigenvalue weighted by Crippen LogP contribution is -2.25. The van der Waals surface area contributed by atoms with Gasteiger partial charge in [-0.1, -0.05) is 6.07 Å². The predicted molar refractivity (Wildman–Crippen MR) is 112 cm³/mol. The van der Waals surface area contributed by atoms with Crippen LogP contribution in [0.2, 0.25) is 0 Å². The predicted octanol–water partition coefficient (Wildman–Crippen LogP) is 4.63. The molecule has 0 fully saturated rings. The number of anilines is 2. The van der Waals surface area contributed by atoms with Crippen molar-refractivity contribution in [1.29, 1.82) is 0 Å². The van der Waals surface area contributed by atoms with Crippen molar-refractivity contribution in [2.75, 3.05) is 16.7 Å². The molecule has 8 heteroatoms. The van der Waals surface area contributed by atoms with Gasteiger partial charge in [-0.3, -0.25) is 9.52 Å². The minimum absolute atomic E-state index is 0.0704. The Labute approximate surface area is 174 Å². The highest BCUT2D eigenvalue weighted by molar-refractivity contribution is 7.92. The Kier molecular flexibility index (Phi) is 4.74. The highest BCUT2D eigenvalue weighted by Gasteiger charge is 2.27. The molecule has 0 atom stereocenters. The van der Waals surface area contributed by atoms with Gasteiger partial charge in [0.25, 0.3) is 15.9 Å². The van der Waals surface area contributed by atoms with Gasteiger partial charge in [-0.25, -0.2) is 12.8 Å². The van der Waals surface area contributed by atoms with Gasteiger partial charge in [0.2, 0.25) is 0 Å². The number of amides is 1. The molecule has 3 aromatic rings. The van der Waals surface area contributed by atoms with Crippen molar-refractivity contribution in [2.45, 2.75) is 18.7 Å². The fourth-order valence-electron chi connectivity index (χ4n) is 3.23. The van der Waals surface area contributed by atoms with Crippen molar-refractivity contribution in [2.24, 2.45) is 0 Å². The second-order valence-corrected chi connectivity index (χ2v) is 8.85. The number of benzene rings is 3. The summed E-state index contributed by atoms with van der Waals surface area (Å²) < 4.78 is 47.2. The first-order chi connectivity index (χ1) is 14.2. The van der Waals surface area contributed by atoms with E-state index in [2.05, 4.69) is 4.72 Å². The fourth-order valence-corrected chi connectivity index (χ4v) is 4.37. The van der Waals surface area contributed by atoms with Crippen molar-refractivity contribution in [3.63, 3.8) is 0 Å². The standard InChI is InChI=1S/C22H19FN2O4S/c1-13-4-8-21-19(10-13)25(3)22(26)17-12-15(5-9-20(17)29-21)24-30(27,28)16-6-7-18(23)14(2)11-16/h4-12,24H,1-3H3. The molecule has 6 nitrogen and oxygen atoms in total. The number of halogens is 1. The van der Waals surface area contributed by atoms with E-state index in [1.807, 2.05) is 19.1 Å². The summed E-state index contributed by atoms with van der Waals surface area (Å²) in [4.78, 5) is 14.4. The molecule has 0 saturated heterocycles. The Balaban J connectivity index is 1.70. The molecule has 3 aromatic carbocycles. The summed E-state index contributed by atoms with van der Waals surface area (Å²) in [5.41, 5.74) is 2.24. The number of ether oxygens (including phenoxy) is 1.